The highest BCUT2D eigenvalue weighted by molar-refractivity contribution is 5.96. The summed E-state index contributed by atoms with van der Waals surface area (Å²) < 4.78 is 5.07. The molecule has 0 amide bonds. The smallest absolute Gasteiger partial charge is 0.183 e. The van der Waals surface area contributed by atoms with Crippen LogP contribution < -0.4 is 5.73 Å². The molecule has 1 atom stereocenters. The Morgan fingerprint density at radius 1 is 1.73 bits per heavy atom. The fourth-order valence-corrected chi connectivity index (χ4v) is 1.12. The molecule has 0 aromatic rings. The molecule has 0 bridgehead atoms. The lowest BCUT2D eigenvalue weighted by molar-refractivity contribution is -0.119. The number of carbonyl (C=O) groups excluding carboxylic acids is 1. The normalized spacial score (nSPS) is 25.5. The molecule has 0 radical (unpaired) electrons. The summed E-state index contributed by atoms with van der Waals surface area (Å²) in [6, 6.07) is 0. The molecule has 0 aromatic carbocycles. The van der Waals surface area contributed by atoms with Crippen LogP contribution in [0.15, 0.2) is 11.8 Å². The lowest BCUT2D eigenvalue weighted by Crippen LogP contribution is -2.21. The number of ketones is 1. The second-order valence-electron chi connectivity index (χ2n) is 2.67. The van der Waals surface area contributed by atoms with Crippen molar-refractivity contribution < 1.29 is 9.53 Å². The molecule has 0 spiro atoms. The van der Waals surface area contributed by atoms with Crippen molar-refractivity contribution in [3.05, 3.63) is 11.8 Å². The van der Waals surface area contributed by atoms with Gasteiger partial charge in [-0.25, -0.2) is 0 Å². The molecule has 62 valence electrons. The van der Waals surface area contributed by atoms with E-state index in [0.717, 1.165) is 6.42 Å². The minimum absolute atomic E-state index is 0.00574. The van der Waals surface area contributed by atoms with Crippen LogP contribution in [0.4, 0.5) is 0 Å². The molecule has 0 aliphatic carbocycles. The van der Waals surface area contributed by atoms with Crippen LogP contribution in [0.1, 0.15) is 13.3 Å². The maximum Gasteiger partial charge on any atom is 0.183 e. The Morgan fingerprint density at radius 3 is 2.91 bits per heavy atom. The van der Waals surface area contributed by atoms with Gasteiger partial charge in [0.25, 0.3) is 0 Å². The van der Waals surface area contributed by atoms with E-state index in [1.807, 2.05) is 0 Å². The highest BCUT2D eigenvalue weighted by Crippen LogP contribution is 2.15. The summed E-state index contributed by atoms with van der Waals surface area (Å²) in [5, 5.41) is 0. The maximum atomic E-state index is 11.3. The molecule has 3 heteroatoms. The second kappa shape index (κ2) is 3.53. The molecule has 0 saturated carbocycles. The Bertz CT molecular complexity index is 181. The number of hydrogen-bond donors (Lipinski definition) is 1. The molecular weight excluding hydrogens is 142 g/mol. The van der Waals surface area contributed by atoms with Gasteiger partial charge in [-0.1, -0.05) is 6.08 Å². The van der Waals surface area contributed by atoms with Gasteiger partial charge >= 0.3 is 0 Å². The minimum Gasteiger partial charge on any atom is -0.396 e. The molecule has 0 aromatic heterocycles. The maximum absolute atomic E-state index is 11.3. The van der Waals surface area contributed by atoms with E-state index in [4.69, 9.17) is 10.5 Å². The summed E-state index contributed by atoms with van der Waals surface area (Å²) in [7, 11) is 0. The van der Waals surface area contributed by atoms with Crippen LogP contribution >= 0.6 is 0 Å². The molecule has 1 aliphatic heterocycles. The van der Waals surface area contributed by atoms with Crippen molar-refractivity contribution in [1.29, 1.82) is 0 Å². The molecule has 3 nitrogen and oxygen atoms in total. The van der Waals surface area contributed by atoms with Crippen LogP contribution in [-0.2, 0) is 9.53 Å². The zero-order valence-corrected chi connectivity index (χ0v) is 6.67. The van der Waals surface area contributed by atoms with E-state index in [2.05, 4.69) is 0 Å². The standard InChI is InChI=1S/C8H13NO2/c1-2-7(9)8(10)6-3-4-11-5-6/h2,6H,3-5,9H2,1H3/b7-2-. The largest absolute Gasteiger partial charge is 0.396 e. The fourth-order valence-electron chi connectivity index (χ4n) is 1.12. The van der Waals surface area contributed by atoms with E-state index < -0.39 is 0 Å². The van der Waals surface area contributed by atoms with E-state index in [9.17, 15) is 4.79 Å². The number of nitrogens with two attached hydrogens (primary N) is 1. The summed E-state index contributed by atoms with van der Waals surface area (Å²) in [5.74, 6) is 0.0381. The number of rotatable bonds is 2. The third-order valence-electron chi connectivity index (χ3n) is 1.90. The number of carbonyl (C=O) groups is 1. The summed E-state index contributed by atoms with van der Waals surface area (Å²) in [5.41, 5.74) is 5.81. The average Bonchev–Trinajstić information content (AvgIpc) is 2.53. The Morgan fingerprint density at radius 2 is 2.45 bits per heavy atom. The van der Waals surface area contributed by atoms with Gasteiger partial charge in [0, 0.05) is 12.5 Å². The first kappa shape index (κ1) is 8.27. The lowest BCUT2D eigenvalue weighted by Gasteiger charge is -2.04. The topological polar surface area (TPSA) is 52.3 Å². The zero-order chi connectivity index (χ0) is 8.27. The predicted molar refractivity (Wildman–Crippen MR) is 41.9 cm³/mol. The van der Waals surface area contributed by atoms with Crippen molar-refractivity contribution in [3.8, 4) is 0 Å². The molecule has 1 unspecified atom stereocenters. The van der Waals surface area contributed by atoms with Gasteiger partial charge in [-0.15, -0.1) is 0 Å². The van der Waals surface area contributed by atoms with Gasteiger partial charge in [0.1, 0.15) is 0 Å². The first-order chi connectivity index (χ1) is 5.25. The first-order valence-electron chi connectivity index (χ1n) is 3.79. The van der Waals surface area contributed by atoms with Gasteiger partial charge in [-0.3, -0.25) is 4.79 Å². The van der Waals surface area contributed by atoms with Crippen LogP contribution in [0.25, 0.3) is 0 Å². The Balaban J connectivity index is 2.53. The Hall–Kier alpha value is -0.830. The van der Waals surface area contributed by atoms with E-state index in [1.54, 1.807) is 13.0 Å². The summed E-state index contributed by atoms with van der Waals surface area (Å²) in [6.07, 6.45) is 2.45. The van der Waals surface area contributed by atoms with Gasteiger partial charge in [0.2, 0.25) is 0 Å². The monoisotopic (exact) mass is 155 g/mol. The minimum atomic E-state index is 0.00574. The number of allylic oxidation sites excluding steroid dienone is 2. The fraction of sp³-hybridized carbons (Fsp3) is 0.625. The second-order valence-corrected chi connectivity index (χ2v) is 2.67. The van der Waals surface area contributed by atoms with Crippen molar-refractivity contribution in [2.45, 2.75) is 13.3 Å². The van der Waals surface area contributed by atoms with Crippen molar-refractivity contribution in [2.75, 3.05) is 13.2 Å². The Kier molecular flexibility index (Phi) is 2.65. The summed E-state index contributed by atoms with van der Waals surface area (Å²) in [4.78, 5) is 11.3. The van der Waals surface area contributed by atoms with Crippen LogP contribution in [0.5, 0.6) is 0 Å². The van der Waals surface area contributed by atoms with Crippen LogP contribution in [0.3, 0.4) is 0 Å². The molecule has 2 N–H and O–H groups in total. The molecule has 1 rings (SSSR count). The molecule has 1 heterocycles. The van der Waals surface area contributed by atoms with Gasteiger partial charge in [0.05, 0.1) is 12.3 Å². The third-order valence-corrected chi connectivity index (χ3v) is 1.90. The lowest BCUT2D eigenvalue weighted by atomic mass is 10.0. The van der Waals surface area contributed by atoms with E-state index in [-0.39, 0.29) is 11.7 Å². The number of Topliss-reactive ketones (excluding diaryl/α,β-unsaturated/α-hetero) is 1. The van der Waals surface area contributed by atoms with Crippen molar-refractivity contribution in [3.63, 3.8) is 0 Å². The van der Waals surface area contributed by atoms with Crippen molar-refractivity contribution in [2.24, 2.45) is 11.7 Å². The van der Waals surface area contributed by atoms with Gasteiger partial charge < -0.3 is 10.5 Å². The first-order valence-corrected chi connectivity index (χ1v) is 3.79. The van der Waals surface area contributed by atoms with Crippen LogP contribution in [0.2, 0.25) is 0 Å². The van der Waals surface area contributed by atoms with Crippen LogP contribution in [0, 0.1) is 5.92 Å². The van der Waals surface area contributed by atoms with E-state index in [0.29, 0.717) is 18.9 Å². The molecule has 1 fully saturated rings. The average molecular weight is 155 g/mol. The van der Waals surface area contributed by atoms with Gasteiger partial charge in [-0.05, 0) is 13.3 Å². The number of ether oxygens (including phenoxy) is 1. The molecule has 1 saturated heterocycles. The predicted octanol–water partition coefficient (Wildman–Crippen LogP) is 0.455. The van der Waals surface area contributed by atoms with Gasteiger partial charge in [0.15, 0.2) is 5.78 Å². The molecular formula is C8H13NO2. The van der Waals surface area contributed by atoms with Crippen LogP contribution in [-0.4, -0.2) is 19.0 Å². The summed E-state index contributed by atoms with van der Waals surface area (Å²) in [6.45, 7) is 2.99. The molecule has 1 aliphatic rings. The third kappa shape index (κ3) is 1.80. The number of hydrogen-bond acceptors (Lipinski definition) is 3. The van der Waals surface area contributed by atoms with Gasteiger partial charge in [-0.2, -0.15) is 0 Å². The van der Waals surface area contributed by atoms with E-state index >= 15 is 0 Å². The summed E-state index contributed by atoms with van der Waals surface area (Å²) >= 11 is 0. The molecule has 11 heavy (non-hydrogen) atoms. The van der Waals surface area contributed by atoms with E-state index in [1.165, 1.54) is 0 Å². The highest BCUT2D eigenvalue weighted by Gasteiger charge is 2.24. The Labute approximate surface area is 66.2 Å². The highest BCUT2D eigenvalue weighted by atomic mass is 16.5. The van der Waals surface area contributed by atoms with Crippen molar-refractivity contribution >= 4 is 5.78 Å². The quantitative estimate of drug-likeness (QED) is 0.589. The van der Waals surface area contributed by atoms with Crippen molar-refractivity contribution in [1.82, 2.24) is 0 Å². The SMILES string of the molecule is C/C=C(\N)C(=O)C1CCOC1. The zero-order valence-electron chi connectivity index (χ0n) is 6.67.